The van der Waals surface area contributed by atoms with Crippen molar-refractivity contribution in [3.63, 3.8) is 0 Å². The van der Waals surface area contributed by atoms with Crippen LogP contribution in [0.15, 0.2) is 0 Å². The Labute approximate surface area is 81.0 Å². The lowest BCUT2D eigenvalue weighted by Gasteiger charge is -2.40. The van der Waals surface area contributed by atoms with Crippen molar-refractivity contribution in [1.82, 2.24) is 5.32 Å². The Balaban J connectivity index is 1.98. The van der Waals surface area contributed by atoms with E-state index < -0.39 is 0 Å². The first kappa shape index (κ1) is 9.47. The van der Waals surface area contributed by atoms with Crippen LogP contribution in [0.4, 0.5) is 0 Å². The first-order chi connectivity index (χ1) is 6.22. The van der Waals surface area contributed by atoms with Gasteiger partial charge < -0.3 is 10.1 Å². The van der Waals surface area contributed by atoms with Crippen LogP contribution in [0.1, 0.15) is 39.5 Å². The quantitative estimate of drug-likeness (QED) is 0.671. The van der Waals surface area contributed by atoms with Crippen LogP contribution in [-0.2, 0) is 4.74 Å². The molecule has 2 nitrogen and oxygen atoms in total. The summed E-state index contributed by atoms with van der Waals surface area (Å²) in [6, 6.07) is 0. The van der Waals surface area contributed by atoms with E-state index in [2.05, 4.69) is 19.2 Å². The summed E-state index contributed by atoms with van der Waals surface area (Å²) in [6.07, 6.45) is 5.68. The third kappa shape index (κ3) is 1.89. The summed E-state index contributed by atoms with van der Waals surface area (Å²) in [5.74, 6) is 0.644. The Morgan fingerprint density at radius 1 is 1.31 bits per heavy atom. The highest BCUT2D eigenvalue weighted by Crippen LogP contribution is 2.36. The molecule has 2 rings (SSSR count). The SMILES string of the molecule is CC(C)C1CNCC2(CCCC2)O1. The summed E-state index contributed by atoms with van der Waals surface area (Å²) < 4.78 is 6.23. The Morgan fingerprint density at radius 2 is 2.00 bits per heavy atom. The van der Waals surface area contributed by atoms with Gasteiger partial charge in [-0.3, -0.25) is 0 Å². The molecule has 2 fully saturated rings. The molecule has 0 bridgehead atoms. The van der Waals surface area contributed by atoms with Gasteiger partial charge in [-0.2, -0.15) is 0 Å². The molecule has 76 valence electrons. The lowest BCUT2D eigenvalue weighted by atomic mass is 9.96. The average Bonchev–Trinajstić information content (AvgIpc) is 2.53. The summed E-state index contributed by atoms with van der Waals surface area (Å²) in [6.45, 7) is 6.62. The van der Waals surface area contributed by atoms with Gasteiger partial charge in [0.2, 0.25) is 0 Å². The van der Waals surface area contributed by atoms with E-state index >= 15 is 0 Å². The molecule has 1 atom stereocenters. The first-order valence-electron chi connectivity index (χ1n) is 5.60. The van der Waals surface area contributed by atoms with Crippen LogP contribution < -0.4 is 5.32 Å². The molecule has 0 aromatic heterocycles. The number of ether oxygens (including phenoxy) is 1. The van der Waals surface area contributed by atoms with Gasteiger partial charge in [-0.25, -0.2) is 0 Å². The largest absolute Gasteiger partial charge is 0.369 e. The van der Waals surface area contributed by atoms with Gasteiger partial charge in [-0.05, 0) is 18.8 Å². The van der Waals surface area contributed by atoms with Gasteiger partial charge in [0.05, 0.1) is 11.7 Å². The second-order valence-electron chi connectivity index (χ2n) is 4.92. The highest BCUT2D eigenvalue weighted by Gasteiger charge is 2.40. The maximum atomic E-state index is 6.23. The van der Waals surface area contributed by atoms with Crippen molar-refractivity contribution in [3.05, 3.63) is 0 Å². The number of rotatable bonds is 1. The van der Waals surface area contributed by atoms with Crippen LogP contribution in [0.25, 0.3) is 0 Å². The van der Waals surface area contributed by atoms with Crippen molar-refractivity contribution in [2.24, 2.45) is 5.92 Å². The van der Waals surface area contributed by atoms with Crippen LogP contribution in [-0.4, -0.2) is 24.8 Å². The third-order valence-electron chi connectivity index (χ3n) is 3.45. The molecule has 1 spiro atoms. The van der Waals surface area contributed by atoms with E-state index in [1.165, 1.54) is 25.7 Å². The standard InChI is InChI=1S/C11H21NO/c1-9(2)10-7-12-8-11(13-10)5-3-4-6-11/h9-10,12H,3-8H2,1-2H3. The number of hydrogen-bond acceptors (Lipinski definition) is 2. The predicted octanol–water partition coefficient (Wildman–Crippen LogP) is 1.94. The number of nitrogens with one attached hydrogen (secondary N) is 1. The van der Waals surface area contributed by atoms with Crippen LogP contribution in [0, 0.1) is 5.92 Å². The molecule has 0 aromatic carbocycles. The molecule has 13 heavy (non-hydrogen) atoms. The lowest BCUT2D eigenvalue weighted by molar-refractivity contribution is -0.127. The van der Waals surface area contributed by atoms with Crippen LogP contribution in [0.5, 0.6) is 0 Å². The highest BCUT2D eigenvalue weighted by atomic mass is 16.5. The number of hydrogen-bond donors (Lipinski definition) is 1. The fourth-order valence-corrected chi connectivity index (χ4v) is 2.53. The van der Waals surface area contributed by atoms with Gasteiger partial charge in [0.25, 0.3) is 0 Å². The molecule has 1 saturated heterocycles. The van der Waals surface area contributed by atoms with Crippen molar-refractivity contribution in [2.45, 2.75) is 51.2 Å². The molecule has 1 saturated carbocycles. The second-order valence-corrected chi connectivity index (χ2v) is 4.92. The van der Waals surface area contributed by atoms with Gasteiger partial charge in [0, 0.05) is 13.1 Å². The molecule has 2 aliphatic rings. The fourth-order valence-electron chi connectivity index (χ4n) is 2.53. The lowest BCUT2D eigenvalue weighted by Crippen LogP contribution is -2.53. The summed E-state index contributed by atoms with van der Waals surface area (Å²) in [4.78, 5) is 0. The van der Waals surface area contributed by atoms with Crippen molar-refractivity contribution in [2.75, 3.05) is 13.1 Å². The zero-order chi connectivity index (χ0) is 9.31. The average molecular weight is 183 g/mol. The molecular formula is C11H21NO. The first-order valence-corrected chi connectivity index (χ1v) is 5.60. The minimum atomic E-state index is 0.215. The van der Waals surface area contributed by atoms with E-state index in [0.29, 0.717) is 12.0 Å². The second kappa shape index (κ2) is 3.58. The molecule has 1 unspecified atom stereocenters. The molecule has 1 N–H and O–H groups in total. The minimum absolute atomic E-state index is 0.215. The van der Waals surface area contributed by atoms with E-state index in [9.17, 15) is 0 Å². The zero-order valence-electron chi connectivity index (χ0n) is 8.81. The fraction of sp³-hybridized carbons (Fsp3) is 1.00. The van der Waals surface area contributed by atoms with Gasteiger partial charge >= 0.3 is 0 Å². The van der Waals surface area contributed by atoms with Crippen LogP contribution in [0.2, 0.25) is 0 Å². The van der Waals surface area contributed by atoms with Gasteiger partial charge in [-0.1, -0.05) is 26.7 Å². The summed E-state index contributed by atoms with van der Waals surface area (Å²) in [7, 11) is 0. The maximum absolute atomic E-state index is 6.23. The molecule has 0 aromatic rings. The van der Waals surface area contributed by atoms with Crippen molar-refractivity contribution < 1.29 is 4.74 Å². The molecule has 1 aliphatic carbocycles. The maximum Gasteiger partial charge on any atom is 0.0810 e. The third-order valence-corrected chi connectivity index (χ3v) is 3.45. The summed E-state index contributed by atoms with van der Waals surface area (Å²) in [5.41, 5.74) is 0.215. The minimum Gasteiger partial charge on any atom is -0.369 e. The molecule has 0 amide bonds. The Hall–Kier alpha value is -0.0800. The Kier molecular flexibility index (Phi) is 2.61. The van der Waals surface area contributed by atoms with Gasteiger partial charge in [0.1, 0.15) is 0 Å². The zero-order valence-corrected chi connectivity index (χ0v) is 8.81. The molecule has 1 aliphatic heterocycles. The van der Waals surface area contributed by atoms with E-state index in [1.54, 1.807) is 0 Å². The summed E-state index contributed by atoms with van der Waals surface area (Å²) >= 11 is 0. The van der Waals surface area contributed by atoms with Crippen LogP contribution >= 0.6 is 0 Å². The van der Waals surface area contributed by atoms with Gasteiger partial charge in [-0.15, -0.1) is 0 Å². The van der Waals surface area contributed by atoms with Crippen molar-refractivity contribution >= 4 is 0 Å². The van der Waals surface area contributed by atoms with E-state index in [4.69, 9.17) is 4.74 Å². The topological polar surface area (TPSA) is 21.3 Å². The van der Waals surface area contributed by atoms with E-state index in [-0.39, 0.29) is 5.60 Å². The predicted molar refractivity (Wildman–Crippen MR) is 53.8 cm³/mol. The Bertz CT molecular complexity index is 173. The van der Waals surface area contributed by atoms with Crippen molar-refractivity contribution in [3.8, 4) is 0 Å². The van der Waals surface area contributed by atoms with E-state index in [1.807, 2.05) is 0 Å². The molecule has 2 heteroatoms. The Morgan fingerprint density at radius 3 is 2.62 bits per heavy atom. The van der Waals surface area contributed by atoms with Crippen molar-refractivity contribution in [1.29, 1.82) is 0 Å². The van der Waals surface area contributed by atoms with Crippen LogP contribution in [0.3, 0.4) is 0 Å². The summed E-state index contributed by atoms with van der Waals surface area (Å²) in [5, 5.41) is 3.52. The number of morpholine rings is 1. The molecular weight excluding hydrogens is 162 g/mol. The normalized spacial score (nSPS) is 33.0. The monoisotopic (exact) mass is 183 g/mol. The molecule has 1 heterocycles. The molecule has 0 radical (unpaired) electrons. The van der Waals surface area contributed by atoms with E-state index in [0.717, 1.165) is 13.1 Å². The smallest absolute Gasteiger partial charge is 0.0810 e. The van der Waals surface area contributed by atoms with Gasteiger partial charge in [0.15, 0.2) is 0 Å². The highest BCUT2D eigenvalue weighted by molar-refractivity contribution is 4.93.